The molecule has 1 amide bonds. The van der Waals surface area contributed by atoms with Gasteiger partial charge in [0.2, 0.25) is 0 Å². The van der Waals surface area contributed by atoms with Gasteiger partial charge in [0.15, 0.2) is 6.10 Å². The van der Waals surface area contributed by atoms with E-state index in [1.54, 1.807) is 0 Å². The Labute approximate surface area is 151 Å². The molecule has 0 bridgehead atoms. The maximum Gasteiger partial charge on any atom is 0.263 e. The molecule has 0 radical (unpaired) electrons. The molecule has 138 valence electrons. The van der Waals surface area contributed by atoms with Gasteiger partial charge in [-0.2, -0.15) is 0 Å². The van der Waals surface area contributed by atoms with Crippen molar-refractivity contribution in [1.29, 1.82) is 0 Å². The van der Waals surface area contributed by atoms with Gasteiger partial charge < -0.3 is 14.5 Å². The minimum atomic E-state index is -0.432. The molecule has 5 nitrogen and oxygen atoms in total. The molecule has 2 aliphatic rings. The Morgan fingerprint density at radius 3 is 2.48 bits per heavy atom. The Morgan fingerprint density at radius 1 is 1.16 bits per heavy atom. The second-order valence-corrected chi connectivity index (χ2v) is 7.27. The average molecular weight is 345 g/mol. The molecule has 2 aliphatic heterocycles. The third-order valence-corrected chi connectivity index (χ3v) is 5.53. The zero-order chi connectivity index (χ0) is 17.8. The number of amides is 1. The lowest BCUT2D eigenvalue weighted by molar-refractivity contribution is -0.137. The summed E-state index contributed by atoms with van der Waals surface area (Å²) < 4.78 is 5.84. The molecule has 5 heteroatoms. The van der Waals surface area contributed by atoms with Crippen LogP contribution >= 0.6 is 0 Å². The molecule has 0 spiro atoms. The van der Waals surface area contributed by atoms with Crippen LogP contribution in [0.25, 0.3) is 0 Å². The van der Waals surface area contributed by atoms with Crippen LogP contribution in [0, 0.1) is 6.92 Å². The summed E-state index contributed by atoms with van der Waals surface area (Å²) in [6, 6.07) is 8.38. The standard InChI is InChI=1S/C20H31N3O2/c1-4-21-11-13-22(14-12-21)18-9-10-23(15-18)20(24)17(3)25-19-7-5-16(2)6-8-19/h5-8,17-18H,4,9-15H2,1-3H3. The minimum Gasteiger partial charge on any atom is -0.481 e. The molecule has 3 rings (SSSR count). The molecule has 2 unspecified atom stereocenters. The van der Waals surface area contributed by atoms with Gasteiger partial charge >= 0.3 is 0 Å². The summed E-state index contributed by atoms with van der Waals surface area (Å²) in [5.41, 5.74) is 1.19. The normalized spacial score (nSPS) is 23.6. The van der Waals surface area contributed by atoms with Gasteiger partial charge in [0, 0.05) is 45.3 Å². The van der Waals surface area contributed by atoms with Crippen molar-refractivity contribution in [2.45, 2.75) is 39.3 Å². The van der Waals surface area contributed by atoms with Crippen LogP contribution in [0.2, 0.25) is 0 Å². The summed E-state index contributed by atoms with van der Waals surface area (Å²) >= 11 is 0. The van der Waals surface area contributed by atoms with Crippen LogP contribution in [0.3, 0.4) is 0 Å². The summed E-state index contributed by atoms with van der Waals surface area (Å²) in [5, 5.41) is 0. The fourth-order valence-corrected chi connectivity index (χ4v) is 3.81. The topological polar surface area (TPSA) is 36.0 Å². The Hall–Kier alpha value is -1.59. The first-order valence-corrected chi connectivity index (χ1v) is 9.55. The number of nitrogens with zero attached hydrogens (tertiary/aromatic N) is 3. The first kappa shape index (κ1) is 18.2. The molecule has 0 N–H and O–H groups in total. The number of likely N-dealkylation sites (N-methyl/N-ethyl adjacent to an activating group) is 1. The van der Waals surface area contributed by atoms with E-state index >= 15 is 0 Å². The number of benzene rings is 1. The van der Waals surface area contributed by atoms with Crippen LogP contribution in [-0.2, 0) is 4.79 Å². The highest BCUT2D eigenvalue weighted by atomic mass is 16.5. The number of hydrogen-bond acceptors (Lipinski definition) is 4. The average Bonchev–Trinajstić information content (AvgIpc) is 3.13. The quantitative estimate of drug-likeness (QED) is 0.818. The maximum atomic E-state index is 12.7. The molecule has 0 aliphatic carbocycles. The van der Waals surface area contributed by atoms with Gasteiger partial charge in [-0.05, 0) is 38.9 Å². The van der Waals surface area contributed by atoms with Crippen molar-refractivity contribution < 1.29 is 9.53 Å². The van der Waals surface area contributed by atoms with Crippen LogP contribution in [0.4, 0.5) is 0 Å². The monoisotopic (exact) mass is 345 g/mol. The van der Waals surface area contributed by atoms with Crippen LogP contribution in [0.1, 0.15) is 25.8 Å². The van der Waals surface area contributed by atoms with Crippen molar-refractivity contribution in [2.75, 3.05) is 45.8 Å². The lowest BCUT2D eigenvalue weighted by Gasteiger charge is -2.37. The highest BCUT2D eigenvalue weighted by molar-refractivity contribution is 5.81. The number of carbonyl (C=O) groups is 1. The van der Waals surface area contributed by atoms with Gasteiger partial charge in [-0.25, -0.2) is 0 Å². The zero-order valence-corrected chi connectivity index (χ0v) is 15.8. The second kappa shape index (κ2) is 8.19. The van der Waals surface area contributed by atoms with Crippen molar-refractivity contribution in [3.8, 4) is 5.75 Å². The first-order chi connectivity index (χ1) is 12.1. The summed E-state index contributed by atoms with van der Waals surface area (Å²) in [7, 11) is 0. The number of likely N-dealkylation sites (tertiary alicyclic amines) is 1. The van der Waals surface area contributed by atoms with Crippen molar-refractivity contribution in [3.05, 3.63) is 29.8 Å². The number of hydrogen-bond donors (Lipinski definition) is 0. The smallest absolute Gasteiger partial charge is 0.263 e. The number of carbonyl (C=O) groups excluding carboxylic acids is 1. The molecule has 0 aromatic heterocycles. The lowest BCUT2D eigenvalue weighted by atomic mass is 10.2. The highest BCUT2D eigenvalue weighted by Gasteiger charge is 2.33. The van der Waals surface area contributed by atoms with Gasteiger partial charge in [0.05, 0.1) is 0 Å². The fraction of sp³-hybridized carbons (Fsp3) is 0.650. The summed E-state index contributed by atoms with van der Waals surface area (Å²) in [4.78, 5) is 19.8. The molecule has 25 heavy (non-hydrogen) atoms. The number of aryl methyl sites for hydroxylation is 1. The van der Waals surface area contributed by atoms with Gasteiger partial charge in [0.25, 0.3) is 5.91 Å². The zero-order valence-electron chi connectivity index (χ0n) is 15.8. The van der Waals surface area contributed by atoms with Gasteiger partial charge in [0.1, 0.15) is 5.75 Å². The lowest BCUT2D eigenvalue weighted by Crippen LogP contribution is -2.51. The second-order valence-electron chi connectivity index (χ2n) is 7.27. The molecule has 0 saturated carbocycles. The number of rotatable bonds is 5. The van der Waals surface area contributed by atoms with E-state index in [1.165, 1.54) is 5.56 Å². The van der Waals surface area contributed by atoms with Crippen LogP contribution in [-0.4, -0.2) is 78.6 Å². The Morgan fingerprint density at radius 2 is 1.84 bits per heavy atom. The Balaban J connectivity index is 1.49. The molecule has 2 saturated heterocycles. The predicted molar refractivity (Wildman–Crippen MR) is 99.9 cm³/mol. The van der Waals surface area contributed by atoms with E-state index in [0.29, 0.717) is 6.04 Å². The van der Waals surface area contributed by atoms with Gasteiger partial charge in [-0.1, -0.05) is 24.6 Å². The van der Waals surface area contributed by atoms with E-state index in [-0.39, 0.29) is 5.91 Å². The van der Waals surface area contributed by atoms with Crippen molar-refractivity contribution >= 4 is 5.91 Å². The van der Waals surface area contributed by atoms with Crippen molar-refractivity contribution in [3.63, 3.8) is 0 Å². The SMILES string of the molecule is CCN1CCN(C2CCN(C(=O)C(C)Oc3ccc(C)cc3)C2)CC1. The Bertz CT molecular complexity index is 567. The minimum absolute atomic E-state index is 0.107. The molecule has 1 aromatic carbocycles. The van der Waals surface area contributed by atoms with E-state index in [0.717, 1.165) is 58.0 Å². The van der Waals surface area contributed by atoms with E-state index in [2.05, 4.69) is 16.7 Å². The third kappa shape index (κ3) is 4.53. The highest BCUT2D eigenvalue weighted by Crippen LogP contribution is 2.20. The van der Waals surface area contributed by atoms with E-state index in [1.807, 2.05) is 43.0 Å². The van der Waals surface area contributed by atoms with E-state index in [4.69, 9.17) is 4.74 Å². The third-order valence-electron chi connectivity index (χ3n) is 5.53. The van der Waals surface area contributed by atoms with Crippen LogP contribution in [0.5, 0.6) is 5.75 Å². The number of piperazine rings is 1. The molecule has 2 heterocycles. The summed E-state index contributed by atoms with van der Waals surface area (Å²) in [6.07, 6.45) is 0.646. The summed E-state index contributed by atoms with van der Waals surface area (Å²) in [6.45, 7) is 13.5. The molecular formula is C20H31N3O2. The largest absolute Gasteiger partial charge is 0.481 e. The summed E-state index contributed by atoms with van der Waals surface area (Å²) in [5.74, 6) is 0.869. The van der Waals surface area contributed by atoms with Crippen molar-refractivity contribution in [1.82, 2.24) is 14.7 Å². The van der Waals surface area contributed by atoms with Crippen molar-refractivity contribution in [2.24, 2.45) is 0 Å². The molecule has 1 aromatic rings. The molecular weight excluding hydrogens is 314 g/mol. The molecule has 2 atom stereocenters. The number of ether oxygens (including phenoxy) is 1. The first-order valence-electron chi connectivity index (χ1n) is 9.55. The maximum absolute atomic E-state index is 12.7. The fourth-order valence-electron chi connectivity index (χ4n) is 3.81. The predicted octanol–water partition coefficient (Wildman–Crippen LogP) is 2.00. The van der Waals surface area contributed by atoms with Crippen LogP contribution < -0.4 is 4.74 Å². The molecule has 2 fully saturated rings. The van der Waals surface area contributed by atoms with E-state index in [9.17, 15) is 4.79 Å². The van der Waals surface area contributed by atoms with Crippen LogP contribution in [0.15, 0.2) is 24.3 Å². The van der Waals surface area contributed by atoms with Gasteiger partial charge in [-0.3, -0.25) is 9.69 Å². The van der Waals surface area contributed by atoms with Gasteiger partial charge in [-0.15, -0.1) is 0 Å². The van der Waals surface area contributed by atoms with E-state index < -0.39 is 6.10 Å². The Kier molecular flexibility index (Phi) is 5.97.